The van der Waals surface area contributed by atoms with Crippen LogP contribution in [0.1, 0.15) is 95.5 Å². The molecule has 0 saturated heterocycles. The predicted octanol–water partition coefficient (Wildman–Crippen LogP) is 6.39. The fraction of sp³-hybridized carbons (Fsp3) is 0.229. The number of nitrogens with zero attached hydrogens (tertiary/aromatic N) is 7. The lowest BCUT2D eigenvalue weighted by Gasteiger charge is -2.28. The summed E-state index contributed by atoms with van der Waals surface area (Å²) >= 11 is 0. The van der Waals surface area contributed by atoms with Gasteiger partial charge in [0.1, 0.15) is 49.2 Å². The lowest BCUT2D eigenvalue weighted by molar-refractivity contribution is 0.0542. The normalized spacial score (nSPS) is 10.9. The fourth-order valence-electron chi connectivity index (χ4n) is 9.93. The summed E-state index contributed by atoms with van der Waals surface area (Å²) in [6.07, 6.45) is 1.50. The van der Waals surface area contributed by atoms with Gasteiger partial charge < -0.3 is 45.1 Å². The molecule has 0 spiro atoms. The molecule has 0 radical (unpaired) electrons. The molecule has 21 heteroatoms. The number of amides is 4. The highest BCUT2D eigenvalue weighted by Crippen LogP contribution is 2.15. The first-order valence-corrected chi connectivity index (χ1v) is 30.0. The second-order valence-electron chi connectivity index (χ2n) is 21.2. The highest BCUT2D eigenvalue weighted by molar-refractivity contribution is 5.94. The Bertz CT molecular complexity index is 4110. The molecule has 0 aliphatic rings. The maximum atomic E-state index is 15.1. The van der Waals surface area contributed by atoms with Crippen molar-refractivity contribution in [2.45, 2.75) is 58.5 Å². The second-order valence-corrected chi connectivity index (χ2v) is 21.2. The van der Waals surface area contributed by atoms with Gasteiger partial charge in [-0.25, -0.2) is 0 Å². The largest absolute Gasteiger partial charge is 0.405 e. The third-order valence-corrected chi connectivity index (χ3v) is 14.7. The van der Waals surface area contributed by atoms with Crippen LogP contribution in [-0.4, -0.2) is 103 Å². The van der Waals surface area contributed by atoms with Gasteiger partial charge in [-0.2, -0.15) is 0 Å². The first kappa shape index (κ1) is 64.3. The number of benzene rings is 5. The summed E-state index contributed by atoms with van der Waals surface area (Å²) in [5.41, 5.74) is 8.25. The van der Waals surface area contributed by atoms with Crippen molar-refractivity contribution in [1.29, 1.82) is 0 Å². The molecular weight excluding hydrogens is 1160 g/mol. The quantitative estimate of drug-likeness (QED) is 0.0344. The molecule has 468 valence electrons. The number of unbranched alkanes of at least 4 members (excludes halogenated alkanes) is 1. The van der Waals surface area contributed by atoms with Crippen LogP contribution in [0.3, 0.4) is 0 Å². The molecule has 21 nitrogen and oxygen atoms in total. The zero-order valence-electron chi connectivity index (χ0n) is 50.2. The van der Waals surface area contributed by atoms with E-state index in [2.05, 4.69) is 5.32 Å². The van der Waals surface area contributed by atoms with Crippen molar-refractivity contribution in [3.8, 4) is 0 Å². The van der Waals surface area contributed by atoms with Crippen molar-refractivity contribution in [1.82, 2.24) is 38.9 Å². The van der Waals surface area contributed by atoms with E-state index in [1.54, 1.807) is 26.8 Å². The molecule has 0 atom stereocenters. The molecule has 0 saturated carbocycles. The van der Waals surface area contributed by atoms with Gasteiger partial charge >= 0.3 is 0 Å². The highest BCUT2D eigenvalue weighted by atomic mass is 16.7. The topological polar surface area (TPSA) is 241 Å². The lowest BCUT2D eigenvalue weighted by Crippen LogP contribution is -2.42. The van der Waals surface area contributed by atoms with Crippen LogP contribution < -0.4 is 52.6 Å². The summed E-state index contributed by atoms with van der Waals surface area (Å²) in [7, 11) is 0. The Morgan fingerprint density at radius 1 is 0.330 bits per heavy atom. The van der Waals surface area contributed by atoms with Gasteiger partial charge in [-0.3, -0.25) is 38.4 Å². The van der Waals surface area contributed by atoms with Crippen LogP contribution in [0.15, 0.2) is 238 Å². The average molecular weight is 1230 g/mol. The van der Waals surface area contributed by atoms with E-state index in [1.807, 2.05) is 133 Å². The summed E-state index contributed by atoms with van der Waals surface area (Å²) in [6.45, 7) is 0.749. The van der Waals surface area contributed by atoms with Crippen molar-refractivity contribution >= 4 is 29.3 Å². The average Bonchev–Trinajstić information content (AvgIpc) is 1.24. The number of hydrogen-bond acceptors (Lipinski definition) is 13. The zero-order valence-corrected chi connectivity index (χ0v) is 50.2. The minimum Gasteiger partial charge on any atom is -0.405 e. The van der Waals surface area contributed by atoms with E-state index in [1.165, 1.54) is 72.8 Å². The summed E-state index contributed by atoms with van der Waals surface area (Å²) in [5.74, 6) is -2.16. The zero-order chi connectivity index (χ0) is 63.7. The maximum absolute atomic E-state index is 15.1. The Hall–Kier alpha value is -11.2. The third-order valence-electron chi connectivity index (χ3n) is 14.7. The van der Waals surface area contributed by atoms with E-state index in [9.17, 15) is 33.6 Å². The molecule has 91 heavy (non-hydrogen) atoms. The third kappa shape index (κ3) is 18.2. The number of nitrogens with one attached hydrogen (secondary N) is 1. The Balaban J connectivity index is 0.951. The summed E-state index contributed by atoms with van der Waals surface area (Å²) in [5, 5.41) is 2.85. The van der Waals surface area contributed by atoms with Crippen molar-refractivity contribution in [2.75, 3.05) is 51.5 Å². The number of nitrogens with two attached hydrogens (primary N) is 1. The molecule has 4 heterocycles. The molecule has 4 aromatic heterocycles. The molecule has 4 amide bonds. The summed E-state index contributed by atoms with van der Waals surface area (Å²) in [4.78, 5) is 140. The first-order chi connectivity index (χ1) is 44.4. The van der Waals surface area contributed by atoms with Crippen molar-refractivity contribution < 1.29 is 38.5 Å². The van der Waals surface area contributed by atoms with Crippen LogP contribution in [0.4, 0.5) is 5.69 Å². The number of aromatic nitrogens is 4. The number of carbonyl (C=O) groups is 4. The lowest BCUT2D eigenvalue weighted by atomic mass is 10.1. The van der Waals surface area contributed by atoms with Crippen molar-refractivity contribution in [2.24, 2.45) is 0 Å². The van der Waals surface area contributed by atoms with Gasteiger partial charge in [-0.15, -0.1) is 18.9 Å². The molecule has 0 unspecified atom stereocenters. The maximum Gasteiger partial charge on any atom is 0.283 e. The minimum absolute atomic E-state index is 0.000536. The molecule has 9 aromatic rings. The Morgan fingerprint density at radius 3 is 1.00 bits per heavy atom. The monoisotopic (exact) mass is 1230 g/mol. The Labute approximate surface area is 525 Å². The van der Waals surface area contributed by atoms with Crippen LogP contribution in [0, 0.1) is 0 Å². The number of nitrogen functional groups attached to an aromatic ring is 1. The van der Waals surface area contributed by atoms with Crippen LogP contribution >= 0.6 is 0 Å². The van der Waals surface area contributed by atoms with Gasteiger partial charge in [0.2, 0.25) is 0 Å². The molecule has 0 aliphatic heterocycles. The molecule has 3 N–H and O–H groups in total. The molecular formula is C70H71N9O12. The van der Waals surface area contributed by atoms with E-state index < -0.39 is 45.9 Å². The summed E-state index contributed by atoms with van der Waals surface area (Å²) in [6, 6.07) is 61.1. The van der Waals surface area contributed by atoms with Crippen LogP contribution in [0.5, 0.6) is 0 Å². The van der Waals surface area contributed by atoms with E-state index in [0.717, 1.165) is 46.7 Å². The number of pyridine rings is 4. The summed E-state index contributed by atoms with van der Waals surface area (Å²) < 4.78 is 3.88. The predicted molar refractivity (Wildman–Crippen MR) is 343 cm³/mol. The standard InChI is InChI=1S/C70H71N9O12/c71-58-39-37-53(38-40-58)41-48-75(70(87)62-32-18-36-66(83)79(62)91-52-57-27-11-4-12-28-57)47-20-46-74(69(86)61-31-17-35-65(82)78(61)90-51-56-25-9-3-10-26-56)44-14-13-43-73(68(85)60-30-16-34-64(81)77(60)89-50-55-23-7-2-8-24-55)45-19-42-72-67(84)59-29-15-33-63(80)76(59)88-49-54-21-5-1-6-22-54/h1-12,15-18,21-40H,13-14,19-20,41-52,71H2,(H,72,84). The second kappa shape index (κ2) is 32.7. The highest BCUT2D eigenvalue weighted by Gasteiger charge is 2.26. The first-order valence-electron chi connectivity index (χ1n) is 30.0. The Morgan fingerprint density at radius 2 is 0.637 bits per heavy atom. The van der Waals surface area contributed by atoms with E-state index in [0.29, 0.717) is 24.9 Å². The van der Waals surface area contributed by atoms with Gasteiger partial charge in [0.25, 0.3) is 45.9 Å². The van der Waals surface area contributed by atoms with Crippen LogP contribution in [0.25, 0.3) is 0 Å². The van der Waals surface area contributed by atoms with Gasteiger partial charge in [0.15, 0.2) is 0 Å². The molecule has 9 rings (SSSR count). The van der Waals surface area contributed by atoms with E-state index in [4.69, 9.17) is 25.1 Å². The smallest absolute Gasteiger partial charge is 0.283 e. The molecule has 5 aromatic carbocycles. The molecule has 0 aliphatic carbocycles. The van der Waals surface area contributed by atoms with Crippen LogP contribution in [0.2, 0.25) is 0 Å². The van der Waals surface area contributed by atoms with Gasteiger partial charge in [-0.1, -0.05) is 158 Å². The number of carbonyl (C=O) groups excluding carboxylic acids is 4. The Kier molecular flexibility index (Phi) is 23.1. The number of anilines is 1. The minimum atomic E-state index is -0.587. The van der Waals surface area contributed by atoms with Gasteiger partial charge in [-0.05, 0) is 96.3 Å². The SMILES string of the molecule is Nc1ccc(CCN(CCCN(CCCCN(CCCNC(=O)c2cccc(=O)n2OCc2ccccc2)C(=O)c2cccc(=O)n2OCc2ccccc2)C(=O)c2cccc(=O)n2OCc2ccccc2)C(=O)c2cccc(=O)n2OCc2ccccc2)cc1. The number of hydrogen-bond donors (Lipinski definition) is 2. The number of rotatable bonds is 32. The van der Waals surface area contributed by atoms with Crippen molar-refractivity contribution in [3.05, 3.63) is 310 Å². The van der Waals surface area contributed by atoms with E-state index >= 15 is 4.79 Å². The molecule has 0 bridgehead atoms. The van der Waals surface area contributed by atoms with Crippen molar-refractivity contribution in [3.63, 3.8) is 0 Å². The van der Waals surface area contributed by atoms with E-state index in [-0.39, 0.29) is 108 Å². The van der Waals surface area contributed by atoms with Crippen LogP contribution in [-0.2, 0) is 32.8 Å². The van der Waals surface area contributed by atoms with Gasteiger partial charge in [0.05, 0.1) is 0 Å². The van der Waals surface area contributed by atoms with Gasteiger partial charge in [0, 0.05) is 75.8 Å². The molecule has 0 fully saturated rings. The fourth-order valence-corrected chi connectivity index (χ4v) is 9.93.